The average molecular weight is 486 g/mol. The fraction of sp³-hybridized carbons (Fsp3) is 0.360. The van der Waals surface area contributed by atoms with E-state index < -0.39 is 29.4 Å². The summed E-state index contributed by atoms with van der Waals surface area (Å²) in [5.41, 5.74) is 6.79. The van der Waals surface area contributed by atoms with Crippen LogP contribution < -0.4 is 21.7 Å². The number of aromatic amines is 1. The highest BCUT2D eigenvalue weighted by Gasteiger charge is 2.42. The van der Waals surface area contributed by atoms with Gasteiger partial charge in [-0.05, 0) is 73.8 Å². The molecule has 0 saturated carbocycles. The number of aromatic nitrogens is 1. The first kappa shape index (κ1) is 24.8. The standard InChI is InChI=1S/C25H29F2N5O3/c26-17-3-1-15(2-4-17)22(33)21(28)23(34)32-25(8-11-29-12-9-25)24(35)30-10-7-16-14-31-20-6-5-18(27)13-19(16)20/h1-6,13-14,21-22,29,31,33H,7-12,28H2,(H,30,35)(H,32,34)/t21-,22?/m0/s1. The molecule has 10 heteroatoms. The molecular weight excluding hydrogens is 456 g/mol. The number of amides is 2. The largest absolute Gasteiger partial charge is 0.386 e. The quantitative estimate of drug-likeness (QED) is 0.287. The lowest BCUT2D eigenvalue weighted by atomic mass is 9.86. The lowest BCUT2D eigenvalue weighted by molar-refractivity contribution is -0.136. The SMILES string of the molecule is N[C@H](C(=O)NC1(C(=O)NCCc2c[nH]c3ccc(F)cc23)CCNCC1)C(O)c1ccc(F)cc1. The van der Waals surface area contributed by atoms with E-state index in [1.165, 1.54) is 36.4 Å². The number of aliphatic hydroxyl groups is 1. The predicted molar refractivity (Wildman–Crippen MR) is 127 cm³/mol. The van der Waals surface area contributed by atoms with E-state index in [9.17, 15) is 23.5 Å². The topological polar surface area (TPSA) is 132 Å². The number of carbonyl (C=O) groups excluding carboxylic acids is 2. The Hall–Kier alpha value is -3.34. The molecule has 1 unspecified atom stereocenters. The lowest BCUT2D eigenvalue weighted by Gasteiger charge is -2.38. The molecule has 2 aromatic carbocycles. The third-order valence-corrected chi connectivity index (χ3v) is 6.52. The number of hydrogen-bond donors (Lipinski definition) is 6. The zero-order valence-corrected chi connectivity index (χ0v) is 19.1. The second kappa shape index (κ2) is 10.5. The monoisotopic (exact) mass is 485 g/mol. The first-order valence-electron chi connectivity index (χ1n) is 11.5. The summed E-state index contributed by atoms with van der Waals surface area (Å²) in [5.74, 6) is -1.83. The van der Waals surface area contributed by atoms with Gasteiger partial charge in [0, 0.05) is 23.6 Å². The summed E-state index contributed by atoms with van der Waals surface area (Å²) in [4.78, 5) is 29.3. The first-order chi connectivity index (χ1) is 16.8. The number of benzene rings is 2. The van der Waals surface area contributed by atoms with Crippen molar-refractivity contribution in [3.05, 3.63) is 71.4 Å². The fourth-order valence-corrected chi connectivity index (χ4v) is 4.43. The van der Waals surface area contributed by atoms with Crippen molar-refractivity contribution in [2.24, 2.45) is 5.73 Å². The van der Waals surface area contributed by atoms with Crippen LogP contribution in [-0.4, -0.2) is 53.1 Å². The van der Waals surface area contributed by atoms with Gasteiger partial charge in [-0.25, -0.2) is 8.78 Å². The van der Waals surface area contributed by atoms with Crippen LogP contribution in [0.25, 0.3) is 10.9 Å². The van der Waals surface area contributed by atoms with Crippen LogP contribution in [0.1, 0.15) is 30.1 Å². The predicted octanol–water partition coefficient (Wildman–Crippen LogP) is 1.40. The number of aliphatic hydroxyl groups excluding tert-OH is 1. The van der Waals surface area contributed by atoms with E-state index in [-0.39, 0.29) is 18.3 Å². The highest BCUT2D eigenvalue weighted by molar-refractivity contribution is 5.93. The van der Waals surface area contributed by atoms with Gasteiger partial charge < -0.3 is 31.8 Å². The number of carbonyl (C=O) groups is 2. The van der Waals surface area contributed by atoms with E-state index in [2.05, 4.69) is 20.9 Å². The molecule has 2 heterocycles. The molecule has 0 aliphatic carbocycles. The summed E-state index contributed by atoms with van der Waals surface area (Å²) in [6, 6.07) is 8.21. The second-order valence-corrected chi connectivity index (χ2v) is 8.85. The Morgan fingerprint density at radius 2 is 1.77 bits per heavy atom. The van der Waals surface area contributed by atoms with Gasteiger partial charge in [-0.15, -0.1) is 0 Å². The maximum Gasteiger partial charge on any atom is 0.245 e. The van der Waals surface area contributed by atoms with Crippen molar-refractivity contribution in [2.75, 3.05) is 19.6 Å². The molecule has 2 amide bonds. The minimum absolute atomic E-state index is 0.289. The van der Waals surface area contributed by atoms with Crippen molar-refractivity contribution in [1.29, 1.82) is 0 Å². The summed E-state index contributed by atoms with van der Waals surface area (Å²) in [7, 11) is 0. The molecule has 2 atom stereocenters. The van der Waals surface area contributed by atoms with Gasteiger partial charge in [0.25, 0.3) is 0 Å². The average Bonchev–Trinajstić information content (AvgIpc) is 3.26. The van der Waals surface area contributed by atoms with Crippen molar-refractivity contribution in [3.8, 4) is 0 Å². The van der Waals surface area contributed by atoms with Gasteiger partial charge in [-0.3, -0.25) is 9.59 Å². The molecule has 4 rings (SSSR count). The maximum absolute atomic E-state index is 13.6. The maximum atomic E-state index is 13.6. The molecule has 0 spiro atoms. The Labute approximate surface area is 201 Å². The Morgan fingerprint density at radius 1 is 1.09 bits per heavy atom. The van der Waals surface area contributed by atoms with Crippen molar-refractivity contribution < 1.29 is 23.5 Å². The Morgan fingerprint density at radius 3 is 2.49 bits per heavy atom. The number of nitrogens with one attached hydrogen (secondary N) is 4. The van der Waals surface area contributed by atoms with Crippen LogP contribution >= 0.6 is 0 Å². The molecule has 1 aromatic heterocycles. The lowest BCUT2D eigenvalue weighted by Crippen LogP contribution is -2.65. The highest BCUT2D eigenvalue weighted by Crippen LogP contribution is 2.23. The van der Waals surface area contributed by atoms with Crippen molar-refractivity contribution in [3.63, 3.8) is 0 Å². The first-order valence-corrected chi connectivity index (χ1v) is 11.5. The summed E-state index contributed by atoms with van der Waals surface area (Å²) in [6.07, 6.45) is 1.60. The summed E-state index contributed by atoms with van der Waals surface area (Å²) in [6.45, 7) is 1.33. The number of H-pyrrole nitrogens is 1. The molecule has 3 aromatic rings. The van der Waals surface area contributed by atoms with Crippen LogP contribution in [0, 0.1) is 11.6 Å². The number of rotatable bonds is 8. The summed E-state index contributed by atoms with van der Waals surface area (Å²) in [5, 5.41) is 20.1. The summed E-state index contributed by atoms with van der Waals surface area (Å²) >= 11 is 0. The van der Waals surface area contributed by atoms with Crippen LogP contribution in [0.5, 0.6) is 0 Å². The highest BCUT2D eigenvalue weighted by atomic mass is 19.1. The van der Waals surface area contributed by atoms with Crippen molar-refractivity contribution in [1.82, 2.24) is 20.9 Å². The number of piperidine rings is 1. The van der Waals surface area contributed by atoms with Gasteiger partial charge in [0.15, 0.2) is 0 Å². The molecule has 1 saturated heterocycles. The minimum Gasteiger partial charge on any atom is -0.386 e. The zero-order chi connectivity index (χ0) is 25.0. The van der Waals surface area contributed by atoms with E-state index in [1.54, 1.807) is 12.3 Å². The number of fused-ring (bicyclic) bond motifs is 1. The molecule has 0 bridgehead atoms. The van der Waals surface area contributed by atoms with Crippen molar-refractivity contribution in [2.45, 2.75) is 36.9 Å². The van der Waals surface area contributed by atoms with E-state index >= 15 is 0 Å². The van der Waals surface area contributed by atoms with Crippen LogP contribution in [0.4, 0.5) is 8.78 Å². The van der Waals surface area contributed by atoms with Gasteiger partial charge in [-0.1, -0.05) is 12.1 Å². The molecule has 35 heavy (non-hydrogen) atoms. The third kappa shape index (κ3) is 5.50. The fourth-order valence-electron chi connectivity index (χ4n) is 4.43. The van der Waals surface area contributed by atoms with Crippen LogP contribution in [0.2, 0.25) is 0 Å². The van der Waals surface area contributed by atoms with Crippen molar-refractivity contribution >= 4 is 22.7 Å². The van der Waals surface area contributed by atoms with E-state index in [4.69, 9.17) is 5.73 Å². The number of hydrogen-bond acceptors (Lipinski definition) is 5. The van der Waals surface area contributed by atoms with Crippen LogP contribution in [0.15, 0.2) is 48.7 Å². The van der Waals surface area contributed by atoms with Gasteiger partial charge in [0.2, 0.25) is 11.8 Å². The van der Waals surface area contributed by atoms with Crippen LogP contribution in [-0.2, 0) is 16.0 Å². The Kier molecular flexibility index (Phi) is 7.44. The second-order valence-electron chi connectivity index (χ2n) is 8.85. The third-order valence-electron chi connectivity index (χ3n) is 6.52. The molecule has 8 nitrogen and oxygen atoms in total. The smallest absolute Gasteiger partial charge is 0.245 e. The van der Waals surface area contributed by atoms with E-state index in [0.29, 0.717) is 37.9 Å². The molecule has 1 fully saturated rings. The van der Waals surface area contributed by atoms with Gasteiger partial charge in [0.1, 0.15) is 29.3 Å². The van der Waals surface area contributed by atoms with E-state index in [1.807, 2.05) is 0 Å². The van der Waals surface area contributed by atoms with E-state index in [0.717, 1.165) is 16.5 Å². The Balaban J connectivity index is 1.41. The zero-order valence-electron chi connectivity index (χ0n) is 19.1. The molecular formula is C25H29F2N5O3. The van der Waals surface area contributed by atoms with Gasteiger partial charge in [-0.2, -0.15) is 0 Å². The van der Waals surface area contributed by atoms with Crippen LogP contribution in [0.3, 0.4) is 0 Å². The molecule has 1 aliphatic rings. The molecule has 0 radical (unpaired) electrons. The molecule has 1 aliphatic heterocycles. The molecule has 7 N–H and O–H groups in total. The molecule has 186 valence electrons. The van der Waals surface area contributed by atoms with Gasteiger partial charge >= 0.3 is 0 Å². The van der Waals surface area contributed by atoms with Gasteiger partial charge in [0.05, 0.1) is 0 Å². The Bertz CT molecular complexity index is 1190. The number of halogens is 2. The minimum atomic E-state index is -1.36. The summed E-state index contributed by atoms with van der Waals surface area (Å²) < 4.78 is 26.8. The number of nitrogens with two attached hydrogens (primary N) is 1. The normalized spacial score (nSPS) is 17.0.